The minimum absolute atomic E-state index is 0.0614. The third-order valence-electron chi connectivity index (χ3n) is 8.04. The molecule has 45 heavy (non-hydrogen) atoms. The Hall–Kier alpha value is -4.74. The Balaban J connectivity index is 1.25. The monoisotopic (exact) mass is 614 g/mol. The van der Waals surface area contributed by atoms with Crippen LogP contribution in [0.25, 0.3) is 22.4 Å². The predicted octanol–water partition coefficient (Wildman–Crippen LogP) is 6.75. The molecule has 1 N–H and O–H groups in total. The SMILES string of the molecule is Cc1ccc(C(=O)Nc2ccc(CN3CCN(C)CC3)c(C(F)(F)F)c2)cc1Oc1nc(-c2ccccc2)nc2ccn(C)c12. The lowest BCUT2D eigenvalue weighted by Gasteiger charge is -2.33. The first kappa shape index (κ1) is 30.3. The molecule has 1 saturated heterocycles. The van der Waals surface area contributed by atoms with E-state index in [2.05, 4.69) is 15.2 Å². The average Bonchev–Trinajstić information content (AvgIpc) is 3.40. The van der Waals surface area contributed by atoms with Crippen molar-refractivity contribution in [2.24, 2.45) is 7.05 Å². The number of aryl methyl sites for hydroxylation is 2. The van der Waals surface area contributed by atoms with Crippen LogP contribution in [0.2, 0.25) is 0 Å². The van der Waals surface area contributed by atoms with Crippen LogP contribution in [0, 0.1) is 6.92 Å². The lowest BCUT2D eigenvalue weighted by molar-refractivity contribution is -0.138. The molecule has 1 amide bonds. The number of carbonyl (C=O) groups excluding carboxylic acids is 1. The molecular weight excluding hydrogens is 581 g/mol. The van der Waals surface area contributed by atoms with Gasteiger partial charge in [0.1, 0.15) is 11.3 Å². The van der Waals surface area contributed by atoms with Crippen molar-refractivity contribution in [3.05, 3.63) is 101 Å². The molecule has 0 spiro atoms. The first-order chi connectivity index (χ1) is 21.5. The second kappa shape index (κ2) is 12.3. The maximum atomic E-state index is 14.1. The van der Waals surface area contributed by atoms with Crippen LogP contribution in [-0.2, 0) is 19.8 Å². The van der Waals surface area contributed by atoms with Gasteiger partial charge in [0, 0.05) is 62.8 Å². The lowest BCUT2D eigenvalue weighted by Crippen LogP contribution is -2.44. The summed E-state index contributed by atoms with van der Waals surface area (Å²) in [5.74, 6) is 0.642. The summed E-state index contributed by atoms with van der Waals surface area (Å²) >= 11 is 0. The van der Waals surface area contributed by atoms with Gasteiger partial charge in [-0.05, 0) is 55.4 Å². The standard InChI is InChI=1S/C34H33F3N6O2/c1-22-9-10-24(19-29(22)45-33-30-28(13-14-42(30)3)39-31(40-33)23-7-5-4-6-8-23)32(44)38-26-12-11-25(27(20-26)34(35,36)37)21-43-17-15-41(2)16-18-43/h4-14,19-20H,15-18,21H2,1-3H3,(H,38,44). The number of halogens is 3. The van der Waals surface area contributed by atoms with E-state index in [4.69, 9.17) is 9.72 Å². The van der Waals surface area contributed by atoms with E-state index in [1.54, 1.807) is 18.2 Å². The Labute approximate surface area is 259 Å². The Bertz CT molecular complexity index is 1850. The van der Waals surface area contributed by atoms with Gasteiger partial charge in [0.15, 0.2) is 5.82 Å². The fourth-order valence-corrected chi connectivity index (χ4v) is 5.40. The van der Waals surface area contributed by atoms with Crippen molar-refractivity contribution >= 4 is 22.6 Å². The van der Waals surface area contributed by atoms with Crippen LogP contribution < -0.4 is 10.1 Å². The van der Waals surface area contributed by atoms with Crippen LogP contribution >= 0.6 is 0 Å². The van der Waals surface area contributed by atoms with Gasteiger partial charge < -0.3 is 19.5 Å². The number of nitrogens with zero attached hydrogens (tertiary/aromatic N) is 5. The number of rotatable bonds is 7. The van der Waals surface area contributed by atoms with Gasteiger partial charge in [-0.1, -0.05) is 42.5 Å². The summed E-state index contributed by atoms with van der Waals surface area (Å²) in [5.41, 5.74) is 2.67. The first-order valence-corrected chi connectivity index (χ1v) is 14.6. The van der Waals surface area contributed by atoms with Crippen LogP contribution in [0.15, 0.2) is 79.0 Å². The van der Waals surface area contributed by atoms with Crippen molar-refractivity contribution in [1.82, 2.24) is 24.3 Å². The number of likely N-dealkylation sites (N-methyl/N-ethyl adjacent to an activating group) is 1. The zero-order valence-corrected chi connectivity index (χ0v) is 25.2. The van der Waals surface area contributed by atoms with Crippen LogP contribution in [0.4, 0.5) is 18.9 Å². The predicted molar refractivity (Wildman–Crippen MR) is 167 cm³/mol. The minimum atomic E-state index is -4.56. The molecule has 1 aliphatic rings. The molecule has 0 radical (unpaired) electrons. The van der Waals surface area contributed by atoms with Crippen LogP contribution in [0.1, 0.15) is 27.0 Å². The van der Waals surface area contributed by atoms with E-state index in [1.165, 1.54) is 12.1 Å². The molecule has 0 atom stereocenters. The molecule has 0 unspecified atom stereocenters. The topological polar surface area (TPSA) is 75.5 Å². The van der Waals surface area contributed by atoms with Crippen LogP contribution in [0.3, 0.4) is 0 Å². The Morgan fingerprint density at radius 2 is 1.69 bits per heavy atom. The summed E-state index contributed by atoms with van der Waals surface area (Å²) in [6.45, 7) is 5.04. The third-order valence-corrected chi connectivity index (χ3v) is 8.04. The van der Waals surface area contributed by atoms with Crippen LogP contribution in [0.5, 0.6) is 11.6 Å². The molecular formula is C34H33F3N6O2. The molecule has 0 aliphatic carbocycles. The van der Waals surface area contributed by atoms with E-state index in [0.29, 0.717) is 41.6 Å². The number of nitrogens with one attached hydrogen (secondary N) is 1. The smallest absolute Gasteiger partial charge is 0.416 e. The molecule has 8 nitrogen and oxygen atoms in total. The van der Waals surface area contributed by atoms with Crippen molar-refractivity contribution in [3.8, 4) is 23.0 Å². The van der Waals surface area contributed by atoms with Gasteiger partial charge in [0.2, 0.25) is 5.88 Å². The summed E-state index contributed by atoms with van der Waals surface area (Å²) < 4.78 is 50.5. The maximum Gasteiger partial charge on any atom is 0.416 e. The van der Waals surface area contributed by atoms with E-state index in [-0.39, 0.29) is 23.4 Å². The molecule has 5 aromatic rings. The Morgan fingerprint density at radius 1 is 0.933 bits per heavy atom. The van der Waals surface area contributed by atoms with Gasteiger partial charge in [-0.15, -0.1) is 0 Å². The first-order valence-electron chi connectivity index (χ1n) is 14.6. The van der Waals surface area contributed by atoms with E-state index in [1.807, 2.05) is 73.1 Å². The number of carbonyl (C=O) groups is 1. The molecule has 3 aromatic carbocycles. The molecule has 0 saturated carbocycles. The Morgan fingerprint density at radius 3 is 2.42 bits per heavy atom. The van der Waals surface area contributed by atoms with Gasteiger partial charge >= 0.3 is 6.18 Å². The van der Waals surface area contributed by atoms with E-state index < -0.39 is 17.6 Å². The summed E-state index contributed by atoms with van der Waals surface area (Å²) in [6, 6.07) is 20.3. The largest absolute Gasteiger partial charge is 0.437 e. The molecule has 3 heterocycles. The van der Waals surface area contributed by atoms with Crippen molar-refractivity contribution in [1.29, 1.82) is 0 Å². The molecule has 232 valence electrons. The lowest BCUT2D eigenvalue weighted by atomic mass is 10.0. The number of aromatic nitrogens is 3. The number of hydrogen-bond acceptors (Lipinski definition) is 6. The van der Waals surface area contributed by atoms with E-state index in [9.17, 15) is 18.0 Å². The van der Waals surface area contributed by atoms with E-state index >= 15 is 0 Å². The van der Waals surface area contributed by atoms with Gasteiger partial charge in [0.25, 0.3) is 5.91 Å². The maximum absolute atomic E-state index is 14.1. The average molecular weight is 615 g/mol. The number of anilines is 1. The van der Waals surface area contributed by atoms with Gasteiger partial charge in [-0.3, -0.25) is 9.69 Å². The van der Waals surface area contributed by atoms with Gasteiger partial charge in [-0.25, -0.2) is 4.98 Å². The summed E-state index contributed by atoms with van der Waals surface area (Å²) in [7, 11) is 3.86. The highest BCUT2D eigenvalue weighted by Gasteiger charge is 2.34. The number of alkyl halides is 3. The molecule has 2 aromatic heterocycles. The number of ether oxygens (including phenoxy) is 1. The zero-order chi connectivity index (χ0) is 31.7. The van der Waals surface area contributed by atoms with Gasteiger partial charge in [0.05, 0.1) is 11.1 Å². The molecule has 6 rings (SSSR count). The van der Waals surface area contributed by atoms with Crippen molar-refractivity contribution < 1.29 is 22.7 Å². The number of piperazine rings is 1. The Kier molecular flexibility index (Phi) is 8.30. The zero-order valence-electron chi connectivity index (χ0n) is 25.2. The quantitative estimate of drug-likeness (QED) is 0.219. The van der Waals surface area contributed by atoms with Crippen LogP contribution in [-0.4, -0.2) is 63.5 Å². The van der Waals surface area contributed by atoms with E-state index in [0.717, 1.165) is 30.3 Å². The molecule has 1 fully saturated rings. The van der Waals surface area contributed by atoms with Crippen molar-refractivity contribution in [2.45, 2.75) is 19.6 Å². The molecule has 0 bridgehead atoms. The number of hydrogen-bond donors (Lipinski definition) is 1. The number of benzene rings is 3. The number of amides is 1. The fourth-order valence-electron chi connectivity index (χ4n) is 5.40. The fraction of sp³-hybridized carbons (Fsp3) is 0.265. The normalized spacial score (nSPS) is 14.5. The minimum Gasteiger partial charge on any atom is -0.437 e. The third kappa shape index (κ3) is 6.69. The summed E-state index contributed by atoms with van der Waals surface area (Å²) in [6.07, 6.45) is -2.70. The highest BCUT2D eigenvalue weighted by Crippen LogP contribution is 2.36. The number of fused-ring (bicyclic) bond motifs is 1. The highest BCUT2D eigenvalue weighted by atomic mass is 19.4. The summed E-state index contributed by atoms with van der Waals surface area (Å²) in [5, 5.41) is 2.64. The molecule has 1 aliphatic heterocycles. The second-order valence-corrected chi connectivity index (χ2v) is 11.4. The highest BCUT2D eigenvalue weighted by molar-refractivity contribution is 6.04. The van der Waals surface area contributed by atoms with Crippen molar-refractivity contribution in [2.75, 3.05) is 38.5 Å². The van der Waals surface area contributed by atoms with Crippen molar-refractivity contribution in [3.63, 3.8) is 0 Å². The molecule has 11 heteroatoms. The van der Waals surface area contributed by atoms with Gasteiger partial charge in [-0.2, -0.15) is 18.2 Å². The second-order valence-electron chi connectivity index (χ2n) is 11.4. The summed E-state index contributed by atoms with van der Waals surface area (Å²) in [4.78, 5) is 26.9.